The lowest BCUT2D eigenvalue weighted by atomic mass is 10.1. The summed E-state index contributed by atoms with van der Waals surface area (Å²) in [7, 11) is 2.12. The van der Waals surface area contributed by atoms with Gasteiger partial charge in [0.15, 0.2) is 11.6 Å². The summed E-state index contributed by atoms with van der Waals surface area (Å²) in [4.78, 5) is 15.2. The lowest BCUT2D eigenvalue weighted by Gasteiger charge is -2.22. The first-order chi connectivity index (χ1) is 7.94. The minimum Gasteiger partial charge on any atom is -0.383 e. The zero-order valence-electron chi connectivity index (χ0n) is 9.47. The maximum absolute atomic E-state index is 14.3. The third-order valence-electron chi connectivity index (χ3n) is 2.83. The summed E-state index contributed by atoms with van der Waals surface area (Å²) in [6.07, 6.45) is 1.21. The summed E-state index contributed by atoms with van der Waals surface area (Å²) in [6, 6.07) is 1.45. The number of hydrogen-bond donors (Lipinski definition) is 1. The summed E-state index contributed by atoms with van der Waals surface area (Å²) in [5.74, 6) is 0.115. The molecule has 2 rings (SSSR count). The molecule has 1 aromatic heterocycles. The van der Waals surface area contributed by atoms with Crippen molar-refractivity contribution in [1.82, 2.24) is 9.55 Å². The number of nitrogens with zero attached hydrogens (tertiary/aromatic N) is 2. The van der Waals surface area contributed by atoms with E-state index in [0.29, 0.717) is 6.42 Å². The molecule has 5 nitrogen and oxygen atoms in total. The number of alkyl halides is 1. The molecule has 1 saturated heterocycles. The Kier molecular flexibility index (Phi) is 3.19. The van der Waals surface area contributed by atoms with E-state index < -0.39 is 17.3 Å². The van der Waals surface area contributed by atoms with E-state index in [4.69, 9.17) is 10.5 Å². The van der Waals surface area contributed by atoms with Gasteiger partial charge in [0, 0.05) is 12.6 Å². The van der Waals surface area contributed by atoms with E-state index in [9.17, 15) is 9.18 Å². The highest BCUT2D eigenvalue weighted by Crippen LogP contribution is 2.46. The van der Waals surface area contributed by atoms with Gasteiger partial charge in [-0.25, -0.2) is 9.18 Å². The van der Waals surface area contributed by atoms with Crippen molar-refractivity contribution in [3.8, 4) is 0 Å². The van der Waals surface area contributed by atoms with Gasteiger partial charge in [0.1, 0.15) is 5.82 Å². The highest BCUT2D eigenvalue weighted by molar-refractivity contribution is 7.18. The number of nitrogen functional groups attached to an aromatic ring is 1. The Balaban J connectivity index is 2.37. The Labute approximate surface area is 100 Å². The molecule has 0 radical (unpaired) electrons. The Morgan fingerprint density at radius 3 is 3.06 bits per heavy atom. The molecule has 94 valence electrons. The normalized spacial score (nSPS) is 32.9. The van der Waals surface area contributed by atoms with Crippen molar-refractivity contribution in [1.29, 1.82) is 0 Å². The molecule has 0 spiro atoms. The van der Waals surface area contributed by atoms with E-state index in [0.717, 1.165) is 4.57 Å². The van der Waals surface area contributed by atoms with E-state index in [-0.39, 0.29) is 18.3 Å². The number of hydrogen-bond acceptors (Lipinski definition) is 4. The second-order valence-electron chi connectivity index (χ2n) is 4.19. The van der Waals surface area contributed by atoms with Gasteiger partial charge in [0.05, 0.1) is 6.10 Å². The molecular formula is C10H15FN3O2P. The second kappa shape index (κ2) is 4.35. The third kappa shape index (κ3) is 2.33. The van der Waals surface area contributed by atoms with Gasteiger partial charge in [-0.2, -0.15) is 4.98 Å². The monoisotopic (exact) mass is 259 g/mol. The van der Waals surface area contributed by atoms with Crippen molar-refractivity contribution in [2.24, 2.45) is 0 Å². The van der Waals surface area contributed by atoms with Crippen molar-refractivity contribution in [3.05, 3.63) is 22.7 Å². The highest BCUT2D eigenvalue weighted by Gasteiger charge is 2.46. The minimum atomic E-state index is -1.65. The molecule has 0 amide bonds. The fraction of sp³-hybridized carbons (Fsp3) is 0.600. The van der Waals surface area contributed by atoms with Crippen LogP contribution in [-0.2, 0) is 4.74 Å². The lowest BCUT2D eigenvalue weighted by molar-refractivity contribution is -0.0301. The third-order valence-corrected chi connectivity index (χ3v) is 3.35. The van der Waals surface area contributed by atoms with E-state index in [1.165, 1.54) is 12.3 Å². The van der Waals surface area contributed by atoms with Crippen molar-refractivity contribution in [3.63, 3.8) is 0 Å². The van der Waals surface area contributed by atoms with Crippen LogP contribution in [-0.4, -0.2) is 21.1 Å². The van der Waals surface area contributed by atoms with Gasteiger partial charge in [0.25, 0.3) is 0 Å². The lowest BCUT2D eigenvalue weighted by Crippen LogP contribution is -2.34. The van der Waals surface area contributed by atoms with Crippen molar-refractivity contribution in [2.75, 3.05) is 5.73 Å². The van der Waals surface area contributed by atoms with Crippen LogP contribution < -0.4 is 11.4 Å². The number of rotatable bonds is 2. The van der Waals surface area contributed by atoms with Crippen LogP contribution in [0, 0.1) is 0 Å². The van der Waals surface area contributed by atoms with Crippen molar-refractivity contribution < 1.29 is 9.13 Å². The Morgan fingerprint density at radius 1 is 1.82 bits per heavy atom. The van der Waals surface area contributed by atoms with Crippen LogP contribution >= 0.6 is 9.24 Å². The van der Waals surface area contributed by atoms with E-state index in [1.54, 1.807) is 0 Å². The Morgan fingerprint density at radius 2 is 2.53 bits per heavy atom. The molecule has 4 unspecified atom stereocenters. The number of halogens is 1. The molecule has 1 aliphatic rings. The fourth-order valence-electron chi connectivity index (χ4n) is 1.93. The maximum Gasteiger partial charge on any atom is 0.351 e. The van der Waals surface area contributed by atoms with Crippen LogP contribution in [0.4, 0.5) is 10.2 Å². The van der Waals surface area contributed by atoms with Crippen LogP contribution in [0.25, 0.3) is 0 Å². The van der Waals surface area contributed by atoms with Crippen LogP contribution in [0.2, 0.25) is 0 Å². The van der Waals surface area contributed by atoms with Crippen molar-refractivity contribution >= 4 is 15.1 Å². The number of nitrogens with two attached hydrogens (primary N) is 1. The van der Waals surface area contributed by atoms with Crippen LogP contribution in [0.15, 0.2) is 17.1 Å². The smallest absolute Gasteiger partial charge is 0.351 e. The van der Waals surface area contributed by atoms with E-state index >= 15 is 0 Å². The maximum atomic E-state index is 14.3. The predicted octanol–water partition coefficient (Wildman–Crippen LogP) is 1.06. The molecule has 2 heterocycles. The summed E-state index contributed by atoms with van der Waals surface area (Å²) in [5.41, 5.74) is 4.78. The summed E-state index contributed by atoms with van der Waals surface area (Å²) in [6.45, 7) is 1.91. The molecule has 1 fully saturated rings. The van der Waals surface area contributed by atoms with Gasteiger partial charge >= 0.3 is 5.69 Å². The molecule has 1 aromatic rings. The Hall–Kier alpha value is -1.00. The topological polar surface area (TPSA) is 70.1 Å². The summed E-state index contributed by atoms with van der Waals surface area (Å²) < 4.78 is 21.0. The zero-order chi connectivity index (χ0) is 12.6. The van der Waals surface area contributed by atoms with Gasteiger partial charge in [-0.05, 0) is 12.5 Å². The molecule has 0 aromatic carbocycles. The van der Waals surface area contributed by atoms with Gasteiger partial charge in [0.2, 0.25) is 0 Å². The average molecular weight is 259 g/mol. The highest BCUT2D eigenvalue weighted by atomic mass is 31.0. The number of ether oxygens (including phenoxy) is 1. The molecule has 0 aliphatic carbocycles. The average Bonchev–Trinajstić information content (AvgIpc) is 2.54. The van der Waals surface area contributed by atoms with E-state index in [2.05, 4.69) is 14.2 Å². The molecule has 1 aliphatic heterocycles. The largest absolute Gasteiger partial charge is 0.383 e. The SMILES string of the molecule is CCC1CC(F)(P)C(n2ccc(N)nc2=O)O1. The summed E-state index contributed by atoms with van der Waals surface area (Å²) >= 11 is 0. The Bertz CT molecular complexity index is 477. The molecule has 2 N–H and O–H groups in total. The molecule has 7 heteroatoms. The molecule has 0 saturated carbocycles. The molecule has 17 heavy (non-hydrogen) atoms. The van der Waals surface area contributed by atoms with Crippen molar-refractivity contribution in [2.45, 2.75) is 37.5 Å². The minimum absolute atomic E-state index is 0.115. The van der Waals surface area contributed by atoms with Crippen LogP contribution in [0.1, 0.15) is 26.0 Å². The predicted molar refractivity (Wildman–Crippen MR) is 65.3 cm³/mol. The van der Waals surface area contributed by atoms with Crippen LogP contribution in [0.5, 0.6) is 0 Å². The molecule has 4 atom stereocenters. The fourth-order valence-corrected chi connectivity index (χ4v) is 2.44. The van der Waals surface area contributed by atoms with Gasteiger partial charge in [-0.1, -0.05) is 16.2 Å². The molecular weight excluding hydrogens is 244 g/mol. The number of anilines is 1. The quantitative estimate of drug-likeness (QED) is 0.806. The van der Waals surface area contributed by atoms with Gasteiger partial charge in [-0.3, -0.25) is 4.57 Å². The van der Waals surface area contributed by atoms with Gasteiger partial charge in [-0.15, -0.1) is 0 Å². The zero-order valence-corrected chi connectivity index (χ0v) is 10.6. The summed E-state index contributed by atoms with van der Waals surface area (Å²) in [5, 5.41) is -1.65. The van der Waals surface area contributed by atoms with Gasteiger partial charge < -0.3 is 10.5 Å². The molecule has 0 bridgehead atoms. The van der Waals surface area contributed by atoms with E-state index in [1.807, 2.05) is 6.92 Å². The first-order valence-electron chi connectivity index (χ1n) is 5.42. The van der Waals surface area contributed by atoms with Crippen LogP contribution in [0.3, 0.4) is 0 Å². The standard InChI is InChI=1S/C10H15FN3O2P/c1-2-6-5-10(11,17)8(16-6)14-4-3-7(12)13-9(14)15/h3-4,6,8H,2,5,17H2,1H3,(H2,12,13,15). The first kappa shape index (κ1) is 12.5. The second-order valence-corrected chi connectivity index (χ2v) is 5.15. The first-order valence-corrected chi connectivity index (χ1v) is 5.99. The number of aromatic nitrogens is 2.